The maximum atomic E-state index is 9.13. The Kier molecular flexibility index (Phi) is 4.11. The van der Waals surface area contributed by atoms with Gasteiger partial charge in [-0.25, -0.2) is 0 Å². The van der Waals surface area contributed by atoms with Crippen molar-refractivity contribution in [2.75, 3.05) is 6.54 Å². The maximum absolute atomic E-state index is 9.13. The van der Waals surface area contributed by atoms with E-state index in [0.717, 1.165) is 0 Å². The van der Waals surface area contributed by atoms with Gasteiger partial charge in [0.15, 0.2) is 0 Å². The van der Waals surface area contributed by atoms with Crippen molar-refractivity contribution in [1.82, 2.24) is 5.32 Å². The molecule has 1 rings (SSSR count). The zero-order valence-electron chi connectivity index (χ0n) is 9.12. The highest BCUT2D eigenvalue weighted by Crippen LogP contribution is 2.12. The summed E-state index contributed by atoms with van der Waals surface area (Å²) in [7, 11) is 0. The molecule has 14 heavy (non-hydrogen) atoms. The Morgan fingerprint density at radius 1 is 1.21 bits per heavy atom. The Bertz CT molecular complexity index is 266. The quantitative estimate of drug-likeness (QED) is 0.767. The Morgan fingerprint density at radius 2 is 1.79 bits per heavy atom. The Morgan fingerprint density at radius 3 is 2.29 bits per heavy atom. The van der Waals surface area contributed by atoms with Crippen LogP contribution in [0.4, 0.5) is 0 Å². The summed E-state index contributed by atoms with van der Waals surface area (Å²) >= 11 is 0. The number of aliphatic hydroxyl groups excluding tert-OH is 1. The molecular weight excluding hydrogens is 174 g/mol. The van der Waals surface area contributed by atoms with E-state index >= 15 is 0 Å². The van der Waals surface area contributed by atoms with Crippen LogP contribution in [-0.2, 0) is 0 Å². The van der Waals surface area contributed by atoms with Gasteiger partial charge in [-0.2, -0.15) is 0 Å². The molecule has 0 aromatic heterocycles. The van der Waals surface area contributed by atoms with Crippen molar-refractivity contribution in [3.8, 4) is 0 Å². The minimum Gasteiger partial charge on any atom is -0.392 e. The second-order valence-corrected chi connectivity index (χ2v) is 3.89. The summed E-state index contributed by atoms with van der Waals surface area (Å²) in [5.41, 5.74) is 2.53. The molecule has 0 heterocycles. The van der Waals surface area contributed by atoms with Gasteiger partial charge in [0.2, 0.25) is 0 Å². The second kappa shape index (κ2) is 5.13. The van der Waals surface area contributed by atoms with Gasteiger partial charge >= 0.3 is 0 Å². The third-order valence-corrected chi connectivity index (χ3v) is 2.30. The molecule has 1 aromatic carbocycles. The third kappa shape index (κ3) is 3.48. The highest BCUT2D eigenvalue weighted by molar-refractivity contribution is 5.23. The van der Waals surface area contributed by atoms with Crippen LogP contribution in [0.15, 0.2) is 24.3 Å². The van der Waals surface area contributed by atoms with E-state index in [-0.39, 0.29) is 6.10 Å². The number of benzene rings is 1. The third-order valence-electron chi connectivity index (χ3n) is 2.30. The fourth-order valence-corrected chi connectivity index (χ4v) is 1.32. The molecule has 0 spiro atoms. The standard InChI is InChI=1S/C12H19NO/c1-9-4-6-12(7-5-9)11(3)13-8-10(2)14/h4-7,10-11,13-14H,8H2,1-3H3/t10-,11?/m0/s1. The summed E-state index contributed by atoms with van der Waals surface area (Å²) in [4.78, 5) is 0. The SMILES string of the molecule is Cc1ccc(C(C)NC[C@H](C)O)cc1. The summed E-state index contributed by atoms with van der Waals surface area (Å²) in [5, 5.41) is 12.4. The summed E-state index contributed by atoms with van der Waals surface area (Å²) in [6.45, 7) is 6.61. The summed E-state index contributed by atoms with van der Waals surface area (Å²) in [6, 6.07) is 8.75. The van der Waals surface area contributed by atoms with Gasteiger partial charge in [0, 0.05) is 12.6 Å². The summed E-state index contributed by atoms with van der Waals surface area (Å²) in [5.74, 6) is 0. The normalized spacial score (nSPS) is 15.1. The predicted molar refractivity (Wildman–Crippen MR) is 59.3 cm³/mol. The average molecular weight is 193 g/mol. The molecule has 0 fully saturated rings. The molecule has 0 amide bonds. The second-order valence-electron chi connectivity index (χ2n) is 3.89. The first-order chi connectivity index (χ1) is 6.59. The molecule has 0 aliphatic carbocycles. The zero-order valence-corrected chi connectivity index (χ0v) is 9.12. The lowest BCUT2D eigenvalue weighted by atomic mass is 10.1. The zero-order chi connectivity index (χ0) is 10.6. The summed E-state index contributed by atoms with van der Waals surface area (Å²) in [6.07, 6.45) is -0.289. The van der Waals surface area contributed by atoms with E-state index in [4.69, 9.17) is 5.11 Å². The molecule has 0 saturated carbocycles. The van der Waals surface area contributed by atoms with Crippen LogP contribution >= 0.6 is 0 Å². The van der Waals surface area contributed by atoms with Crippen molar-refractivity contribution in [1.29, 1.82) is 0 Å². The Hall–Kier alpha value is -0.860. The van der Waals surface area contributed by atoms with Crippen molar-refractivity contribution in [2.45, 2.75) is 32.9 Å². The molecule has 0 aliphatic rings. The van der Waals surface area contributed by atoms with Crippen LogP contribution in [0.5, 0.6) is 0 Å². The number of hydrogen-bond acceptors (Lipinski definition) is 2. The first-order valence-corrected chi connectivity index (χ1v) is 5.07. The van der Waals surface area contributed by atoms with Crippen LogP contribution < -0.4 is 5.32 Å². The van der Waals surface area contributed by atoms with Gasteiger partial charge in [0.25, 0.3) is 0 Å². The summed E-state index contributed by atoms with van der Waals surface area (Å²) < 4.78 is 0. The van der Waals surface area contributed by atoms with Crippen LogP contribution in [0.1, 0.15) is 31.0 Å². The van der Waals surface area contributed by atoms with E-state index in [1.165, 1.54) is 11.1 Å². The van der Waals surface area contributed by atoms with Gasteiger partial charge in [-0.3, -0.25) is 0 Å². The first-order valence-electron chi connectivity index (χ1n) is 5.07. The van der Waals surface area contributed by atoms with E-state index in [2.05, 4.69) is 43.4 Å². The van der Waals surface area contributed by atoms with Crippen molar-refractivity contribution < 1.29 is 5.11 Å². The van der Waals surface area contributed by atoms with Crippen LogP contribution in [0.3, 0.4) is 0 Å². The smallest absolute Gasteiger partial charge is 0.0636 e. The minimum absolute atomic E-state index is 0.289. The van der Waals surface area contributed by atoms with Crippen LogP contribution in [0.2, 0.25) is 0 Å². The molecule has 0 saturated heterocycles. The lowest BCUT2D eigenvalue weighted by molar-refractivity contribution is 0.187. The molecule has 0 radical (unpaired) electrons. The van der Waals surface area contributed by atoms with Crippen molar-refractivity contribution in [3.63, 3.8) is 0 Å². The van der Waals surface area contributed by atoms with Gasteiger partial charge in [-0.05, 0) is 26.3 Å². The van der Waals surface area contributed by atoms with Gasteiger partial charge in [-0.1, -0.05) is 29.8 Å². The minimum atomic E-state index is -0.289. The van der Waals surface area contributed by atoms with E-state index in [1.54, 1.807) is 6.92 Å². The predicted octanol–water partition coefficient (Wildman–Crippen LogP) is 2.03. The number of rotatable bonds is 4. The van der Waals surface area contributed by atoms with Gasteiger partial charge in [0.05, 0.1) is 6.10 Å². The lowest BCUT2D eigenvalue weighted by Crippen LogP contribution is -2.27. The molecular formula is C12H19NO. The highest BCUT2D eigenvalue weighted by atomic mass is 16.3. The fourth-order valence-electron chi connectivity index (χ4n) is 1.32. The molecule has 1 unspecified atom stereocenters. The average Bonchev–Trinajstić information content (AvgIpc) is 2.15. The van der Waals surface area contributed by atoms with Crippen LogP contribution in [0.25, 0.3) is 0 Å². The lowest BCUT2D eigenvalue weighted by Gasteiger charge is -2.15. The van der Waals surface area contributed by atoms with E-state index in [9.17, 15) is 0 Å². The highest BCUT2D eigenvalue weighted by Gasteiger charge is 2.04. The number of aliphatic hydroxyl groups is 1. The number of nitrogens with one attached hydrogen (secondary N) is 1. The maximum Gasteiger partial charge on any atom is 0.0636 e. The van der Waals surface area contributed by atoms with Gasteiger partial charge in [0.1, 0.15) is 0 Å². The molecule has 1 aromatic rings. The van der Waals surface area contributed by atoms with Crippen molar-refractivity contribution in [2.24, 2.45) is 0 Å². The monoisotopic (exact) mass is 193 g/mol. The van der Waals surface area contributed by atoms with Crippen LogP contribution in [-0.4, -0.2) is 17.8 Å². The Labute approximate surface area is 86.0 Å². The topological polar surface area (TPSA) is 32.3 Å². The molecule has 0 aliphatic heterocycles. The van der Waals surface area contributed by atoms with E-state index in [0.29, 0.717) is 12.6 Å². The van der Waals surface area contributed by atoms with Gasteiger partial charge < -0.3 is 10.4 Å². The van der Waals surface area contributed by atoms with E-state index in [1.807, 2.05) is 0 Å². The fraction of sp³-hybridized carbons (Fsp3) is 0.500. The van der Waals surface area contributed by atoms with Crippen molar-refractivity contribution >= 4 is 0 Å². The largest absolute Gasteiger partial charge is 0.392 e. The first kappa shape index (κ1) is 11.2. The molecule has 2 atom stereocenters. The molecule has 2 heteroatoms. The number of aryl methyl sites for hydroxylation is 1. The van der Waals surface area contributed by atoms with Crippen molar-refractivity contribution in [3.05, 3.63) is 35.4 Å². The van der Waals surface area contributed by atoms with Crippen LogP contribution in [0, 0.1) is 6.92 Å². The molecule has 78 valence electrons. The van der Waals surface area contributed by atoms with Gasteiger partial charge in [-0.15, -0.1) is 0 Å². The number of hydrogen-bond donors (Lipinski definition) is 2. The van der Waals surface area contributed by atoms with E-state index < -0.39 is 0 Å². The molecule has 2 nitrogen and oxygen atoms in total. The Balaban J connectivity index is 2.52. The molecule has 0 bridgehead atoms. The molecule has 2 N–H and O–H groups in total.